The highest BCUT2D eigenvalue weighted by Crippen LogP contribution is 1.96. The van der Waals surface area contributed by atoms with E-state index in [9.17, 15) is 0 Å². The van der Waals surface area contributed by atoms with Crippen molar-refractivity contribution in [3.8, 4) is 0 Å². The fourth-order valence-electron chi connectivity index (χ4n) is 1.30. The van der Waals surface area contributed by atoms with Gasteiger partial charge in [0.25, 0.3) is 0 Å². The molecule has 86 valence electrons. The maximum atomic E-state index is 5.09. The first kappa shape index (κ1) is 13.9. The van der Waals surface area contributed by atoms with Gasteiger partial charge in [-0.3, -0.25) is 0 Å². The van der Waals surface area contributed by atoms with Crippen LogP contribution in [-0.4, -0.2) is 51.8 Å². The van der Waals surface area contributed by atoms with Gasteiger partial charge in [0, 0.05) is 26.3 Å². The van der Waals surface area contributed by atoms with E-state index >= 15 is 0 Å². The molecular weight excluding hydrogens is 176 g/mol. The van der Waals surface area contributed by atoms with Crippen molar-refractivity contribution in [2.75, 3.05) is 40.9 Å². The Morgan fingerprint density at radius 1 is 1.29 bits per heavy atom. The van der Waals surface area contributed by atoms with Gasteiger partial charge >= 0.3 is 0 Å². The molecule has 0 aliphatic heterocycles. The molecule has 3 nitrogen and oxygen atoms in total. The van der Waals surface area contributed by atoms with Gasteiger partial charge in [0.05, 0.1) is 0 Å². The predicted molar refractivity (Wildman–Crippen MR) is 61.7 cm³/mol. The molecule has 0 saturated carbocycles. The summed E-state index contributed by atoms with van der Waals surface area (Å²) in [7, 11) is 5.98. The molecule has 0 spiro atoms. The fourth-order valence-corrected chi connectivity index (χ4v) is 1.30. The summed E-state index contributed by atoms with van der Waals surface area (Å²) in [6.07, 6.45) is 1.20. The maximum Gasteiger partial charge on any atom is 0.0499 e. The van der Waals surface area contributed by atoms with Gasteiger partial charge in [-0.1, -0.05) is 6.92 Å². The molecule has 3 heteroatoms. The first-order valence-electron chi connectivity index (χ1n) is 5.43. The van der Waals surface area contributed by atoms with Crippen LogP contribution in [0.5, 0.6) is 0 Å². The Kier molecular flexibility index (Phi) is 8.14. The lowest BCUT2D eigenvalue weighted by Gasteiger charge is -2.19. The van der Waals surface area contributed by atoms with E-state index in [4.69, 9.17) is 4.74 Å². The summed E-state index contributed by atoms with van der Waals surface area (Å²) in [6, 6.07) is 0.594. The summed E-state index contributed by atoms with van der Waals surface area (Å²) in [6.45, 7) is 7.47. The summed E-state index contributed by atoms with van der Waals surface area (Å²) >= 11 is 0. The van der Waals surface area contributed by atoms with Crippen LogP contribution in [-0.2, 0) is 4.74 Å². The predicted octanol–water partition coefficient (Wildman–Crippen LogP) is 1.20. The van der Waals surface area contributed by atoms with E-state index in [1.165, 1.54) is 6.42 Å². The molecule has 0 saturated heterocycles. The first-order valence-corrected chi connectivity index (χ1v) is 5.43. The average Bonchev–Trinajstić information content (AvgIpc) is 2.12. The zero-order valence-electron chi connectivity index (χ0n) is 10.3. The molecule has 0 fully saturated rings. The van der Waals surface area contributed by atoms with E-state index in [1.807, 2.05) is 0 Å². The van der Waals surface area contributed by atoms with Crippen molar-refractivity contribution < 1.29 is 4.74 Å². The number of methoxy groups -OCH3 is 1. The molecule has 0 aromatic heterocycles. The Labute approximate surface area is 88.8 Å². The minimum absolute atomic E-state index is 0.594. The minimum Gasteiger partial charge on any atom is -0.384 e. The Bertz CT molecular complexity index is 128. The van der Waals surface area contributed by atoms with E-state index in [0.717, 1.165) is 19.7 Å². The second kappa shape index (κ2) is 8.21. The summed E-state index contributed by atoms with van der Waals surface area (Å²) in [5.41, 5.74) is 0. The van der Waals surface area contributed by atoms with Gasteiger partial charge in [0.15, 0.2) is 0 Å². The van der Waals surface area contributed by atoms with Gasteiger partial charge in [-0.15, -0.1) is 0 Å². The number of hydrogen-bond acceptors (Lipinski definition) is 3. The molecule has 0 aromatic rings. The fraction of sp³-hybridized carbons (Fsp3) is 1.00. The first-order chi connectivity index (χ1) is 6.56. The van der Waals surface area contributed by atoms with E-state index in [0.29, 0.717) is 12.0 Å². The molecule has 14 heavy (non-hydrogen) atoms. The third-order valence-corrected chi connectivity index (χ3v) is 2.28. The van der Waals surface area contributed by atoms with Crippen molar-refractivity contribution in [2.24, 2.45) is 5.92 Å². The standard InChI is InChI=1S/C11H26N2O/c1-10(9-14-5)8-12-11(2)6-7-13(3)4/h10-12H,6-9H2,1-5H3. The zero-order chi connectivity index (χ0) is 11.0. The van der Waals surface area contributed by atoms with Crippen molar-refractivity contribution in [1.82, 2.24) is 10.2 Å². The molecule has 0 aliphatic carbocycles. The Balaban J connectivity index is 3.38. The molecule has 0 bridgehead atoms. The van der Waals surface area contributed by atoms with E-state index < -0.39 is 0 Å². The van der Waals surface area contributed by atoms with Crippen molar-refractivity contribution in [1.29, 1.82) is 0 Å². The van der Waals surface area contributed by atoms with Crippen molar-refractivity contribution in [3.63, 3.8) is 0 Å². The maximum absolute atomic E-state index is 5.09. The molecule has 2 atom stereocenters. The van der Waals surface area contributed by atoms with Gasteiger partial charge < -0.3 is 15.0 Å². The quantitative estimate of drug-likeness (QED) is 0.640. The van der Waals surface area contributed by atoms with Crippen LogP contribution < -0.4 is 5.32 Å². The van der Waals surface area contributed by atoms with Crippen LogP contribution in [0, 0.1) is 5.92 Å². The second-order valence-electron chi connectivity index (χ2n) is 4.46. The molecule has 0 radical (unpaired) electrons. The third-order valence-electron chi connectivity index (χ3n) is 2.28. The van der Waals surface area contributed by atoms with E-state index in [1.54, 1.807) is 7.11 Å². The number of ether oxygens (including phenoxy) is 1. The number of hydrogen-bond donors (Lipinski definition) is 1. The topological polar surface area (TPSA) is 24.5 Å². The van der Waals surface area contributed by atoms with Crippen LogP contribution in [0.25, 0.3) is 0 Å². The number of nitrogens with one attached hydrogen (secondary N) is 1. The van der Waals surface area contributed by atoms with Crippen molar-refractivity contribution >= 4 is 0 Å². The van der Waals surface area contributed by atoms with Gasteiger partial charge in [-0.25, -0.2) is 0 Å². The Morgan fingerprint density at radius 3 is 2.43 bits per heavy atom. The van der Waals surface area contributed by atoms with Crippen LogP contribution >= 0.6 is 0 Å². The van der Waals surface area contributed by atoms with E-state index in [2.05, 4.69) is 38.2 Å². The zero-order valence-corrected chi connectivity index (χ0v) is 10.3. The smallest absolute Gasteiger partial charge is 0.0499 e. The van der Waals surface area contributed by atoms with Crippen LogP contribution in [0.15, 0.2) is 0 Å². The lowest BCUT2D eigenvalue weighted by atomic mass is 10.1. The molecule has 0 amide bonds. The molecular formula is C11H26N2O. The van der Waals surface area contributed by atoms with Crippen LogP contribution in [0.1, 0.15) is 20.3 Å². The van der Waals surface area contributed by atoms with Gasteiger partial charge in [0.2, 0.25) is 0 Å². The van der Waals surface area contributed by atoms with Gasteiger partial charge in [-0.05, 0) is 39.9 Å². The number of rotatable bonds is 8. The van der Waals surface area contributed by atoms with Crippen LogP contribution in [0.4, 0.5) is 0 Å². The largest absolute Gasteiger partial charge is 0.384 e. The Hall–Kier alpha value is -0.120. The SMILES string of the molecule is COCC(C)CNC(C)CCN(C)C. The normalized spacial score (nSPS) is 15.9. The van der Waals surface area contributed by atoms with E-state index in [-0.39, 0.29) is 0 Å². The van der Waals surface area contributed by atoms with Crippen molar-refractivity contribution in [2.45, 2.75) is 26.3 Å². The van der Waals surface area contributed by atoms with Gasteiger partial charge in [-0.2, -0.15) is 0 Å². The number of nitrogens with zero attached hydrogens (tertiary/aromatic N) is 1. The monoisotopic (exact) mass is 202 g/mol. The highest BCUT2D eigenvalue weighted by molar-refractivity contribution is 4.64. The molecule has 0 aromatic carbocycles. The van der Waals surface area contributed by atoms with Crippen LogP contribution in [0.3, 0.4) is 0 Å². The minimum atomic E-state index is 0.594. The molecule has 2 unspecified atom stereocenters. The van der Waals surface area contributed by atoms with Crippen molar-refractivity contribution in [3.05, 3.63) is 0 Å². The third kappa shape index (κ3) is 8.48. The summed E-state index contributed by atoms with van der Waals surface area (Å²) in [5, 5.41) is 3.52. The molecule has 0 rings (SSSR count). The summed E-state index contributed by atoms with van der Waals surface area (Å²) in [5.74, 6) is 0.599. The highest BCUT2D eigenvalue weighted by Gasteiger charge is 2.05. The second-order valence-corrected chi connectivity index (χ2v) is 4.46. The average molecular weight is 202 g/mol. The lowest BCUT2D eigenvalue weighted by molar-refractivity contribution is 0.156. The highest BCUT2D eigenvalue weighted by atomic mass is 16.5. The summed E-state index contributed by atoms with van der Waals surface area (Å²) < 4.78 is 5.09. The van der Waals surface area contributed by atoms with Gasteiger partial charge in [0.1, 0.15) is 0 Å². The molecule has 0 aliphatic rings. The molecule has 1 N–H and O–H groups in total. The molecule has 0 heterocycles. The summed E-state index contributed by atoms with van der Waals surface area (Å²) in [4.78, 5) is 2.22. The lowest BCUT2D eigenvalue weighted by Crippen LogP contribution is -2.33. The Morgan fingerprint density at radius 2 is 1.93 bits per heavy atom. The van der Waals surface area contributed by atoms with Crippen LogP contribution in [0.2, 0.25) is 0 Å².